The van der Waals surface area contributed by atoms with Crippen molar-refractivity contribution in [1.82, 2.24) is 19.1 Å². The second kappa shape index (κ2) is 10.7. The van der Waals surface area contributed by atoms with Crippen LogP contribution >= 0.6 is 11.3 Å². The van der Waals surface area contributed by atoms with Gasteiger partial charge in [0, 0.05) is 42.0 Å². The molecule has 190 valence electrons. The molecule has 0 aliphatic carbocycles. The lowest BCUT2D eigenvalue weighted by molar-refractivity contribution is 0.415. The molecule has 3 aromatic heterocycles. The highest BCUT2D eigenvalue weighted by Gasteiger charge is 2.18. The lowest BCUT2D eigenvalue weighted by Crippen LogP contribution is -2.26. The summed E-state index contributed by atoms with van der Waals surface area (Å²) in [5.41, 5.74) is 3.67. The average molecular weight is 538 g/mol. The SMILES string of the molecule is COc1cccc(-c2nc3sccn3c2-c2ccnc(NCCCNS(=O)(=O)c3cccc(F)c3)c2)c1. The van der Waals surface area contributed by atoms with Crippen LogP contribution in [0.4, 0.5) is 10.2 Å². The average Bonchev–Trinajstić information content (AvgIpc) is 3.50. The molecule has 8 nitrogen and oxygen atoms in total. The third-order valence-corrected chi connectivity index (χ3v) is 7.91. The highest BCUT2D eigenvalue weighted by atomic mass is 32.2. The van der Waals surface area contributed by atoms with E-state index in [0.29, 0.717) is 18.8 Å². The fourth-order valence-corrected chi connectivity index (χ4v) is 5.76. The van der Waals surface area contributed by atoms with E-state index in [0.717, 1.165) is 39.3 Å². The normalized spacial score (nSPS) is 11.6. The Bertz CT molecular complexity index is 1650. The molecule has 0 radical (unpaired) electrons. The Morgan fingerprint density at radius 1 is 1.05 bits per heavy atom. The van der Waals surface area contributed by atoms with Crippen molar-refractivity contribution in [2.45, 2.75) is 11.3 Å². The number of anilines is 1. The van der Waals surface area contributed by atoms with Gasteiger partial charge in [0.1, 0.15) is 17.4 Å². The largest absolute Gasteiger partial charge is 0.497 e. The Labute approximate surface area is 217 Å². The third kappa shape index (κ3) is 5.48. The Balaban J connectivity index is 1.29. The number of nitrogens with one attached hydrogen (secondary N) is 2. The van der Waals surface area contributed by atoms with Crippen LogP contribution in [-0.2, 0) is 10.0 Å². The summed E-state index contributed by atoms with van der Waals surface area (Å²) in [7, 11) is -2.13. The number of nitrogens with zero attached hydrogens (tertiary/aromatic N) is 3. The van der Waals surface area contributed by atoms with E-state index in [1.165, 1.54) is 18.2 Å². The summed E-state index contributed by atoms with van der Waals surface area (Å²) >= 11 is 1.56. The van der Waals surface area contributed by atoms with Crippen molar-refractivity contribution in [1.29, 1.82) is 0 Å². The topological polar surface area (TPSA) is 97.6 Å². The third-order valence-electron chi connectivity index (χ3n) is 5.70. The number of hydrogen-bond acceptors (Lipinski definition) is 7. The number of rotatable bonds is 10. The van der Waals surface area contributed by atoms with Crippen LogP contribution in [-0.4, -0.2) is 43.0 Å². The molecule has 0 amide bonds. The molecule has 0 spiro atoms. The first-order chi connectivity index (χ1) is 17.9. The van der Waals surface area contributed by atoms with Gasteiger partial charge in [0.25, 0.3) is 0 Å². The minimum Gasteiger partial charge on any atom is -0.497 e. The number of halogens is 1. The first kappa shape index (κ1) is 24.9. The highest BCUT2D eigenvalue weighted by molar-refractivity contribution is 7.89. The van der Waals surface area contributed by atoms with Gasteiger partial charge in [-0.25, -0.2) is 27.5 Å². The number of sulfonamides is 1. The van der Waals surface area contributed by atoms with Gasteiger partial charge in [0.05, 0.1) is 23.4 Å². The molecule has 0 bridgehead atoms. The Morgan fingerprint density at radius 3 is 2.76 bits per heavy atom. The lowest BCUT2D eigenvalue weighted by Gasteiger charge is -2.10. The predicted octanol–water partition coefficient (Wildman–Crippen LogP) is 5.05. The lowest BCUT2D eigenvalue weighted by atomic mass is 10.1. The summed E-state index contributed by atoms with van der Waals surface area (Å²) < 4.78 is 48.0. The number of methoxy groups -OCH3 is 1. The van der Waals surface area contributed by atoms with Crippen molar-refractivity contribution in [3.63, 3.8) is 0 Å². The number of benzene rings is 2. The van der Waals surface area contributed by atoms with Crippen LogP contribution < -0.4 is 14.8 Å². The molecule has 3 heterocycles. The Morgan fingerprint density at radius 2 is 1.92 bits per heavy atom. The second-order valence-corrected chi connectivity index (χ2v) is 10.8. The smallest absolute Gasteiger partial charge is 0.240 e. The van der Waals surface area contributed by atoms with Gasteiger partial charge < -0.3 is 10.1 Å². The summed E-state index contributed by atoms with van der Waals surface area (Å²) in [6, 6.07) is 16.6. The van der Waals surface area contributed by atoms with Crippen LogP contribution in [0.25, 0.3) is 27.5 Å². The maximum Gasteiger partial charge on any atom is 0.240 e. The molecule has 5 aromatic rings. The van der Waals surface area contributed by atoms with E-state index < -0.39 is 15.8 Å². The molecule has 37 heavy (non-hydrogen) atoms. The van der Waals surface area contributed by atoms with Gasteiger partial charge in [0.2, 0.25) is 10.0 Å². The monoisotopic (exact) mass is 537 g/mol. The number of aromatic nitrogens is 3. The fourth-order valence-electron chi connectivity index (χ4n) is 3.94. The minimum absolute atomic E-state index is 0.0952. The summed E-state index contributed by atoms with van der Waals surface area (Å²) in [5.74, 6) is 0.820. The molecule has 2 aromatic carbocycles. The zero-order valence-corrected chi connectivity index (χ0v) is 21.5. The van der Waals surface area contributed by atoms with Gasteiger partial charge in [0.15, 0.2) is 4.96 Å². The Kier molecular flexibility index (Phi) is 7.17. The number of pyridine rings is 1. The number of fused-ring (bicyclic) bond motifs is 1. The van der Waals surface area contributed by atoms with E-state index in [4.69, 9.17) is 9.72 Å². The van der Waals surface area contributed by atoms with E-state index in [1.807, 2.05) is 48.0 Å². The van der Waals surface area contributed by atoms with Crippen LogP contribution in [0.3, 0.4) is 0 Å². The summed E-state index contributed by atoms with van der Waals surface area (Å²) in [6.45, 7) is 0.689. The molecule has 2 N–H and O–H groups in total. The summed E-state index contributed by atoms with van der Waals surface area (Å²) in [6.07, 6.45) is 4.23. The van der Waals surface area contributed by atoms with Crippen molar-refractivity contribution in [2.75, 3.05) is 25.5 Å². The summed E-state index contributed by atoms with van der Waals surface area (Å²) in [5, 5.41) is 5.24. The number of ether oxygens (including phenoxy) is 1. The van der Waals surface area contributed by atoms with Gasteiger partial charge in [-0.2, -0.15) is 0 Å². The van der Waals surface area contributed by atoms with Gasteiger partial charge in [-0.05, 0) is 48.9 Å². The molecule has 0 aliphatic heterocycles. The standard InChI is InChI=1S/C26H24FN5O3S2/c1-35-21-7-2-5-18(15-21)24-25(32-13-14-36-26(32)31-24)19-9-12-29-23(16-19)28-10-4-11-30-37(33,34)22-8-3-6-20(27)17-22/h2-3,5-9,12-17,30H,4,10-11H2,1H3,(H,28,29). The van der Waals surface area contributed by atoms with Gasteiger partial charge in [-0.1, -0.05) is 18.2 Å². The van der Waals surface area contributed by atoms with Gasteiger partial charge in [-0.3, -0.25) is 4.40 Å². The van der Waals surface area contributed by atoms with E-state index in [9.17, 15) is 12.8 Å². The van der Waals surface area contributed by atoms with Crippen LogP contribution in [0.15, 0.2) is 83.3 Å². The van der Waals surface area contributed by atoms with Crippen LogP contribution in [0, 0.1) is 5.82 Å². The maximum atomic E-state index is 13.4. The number of thiazole rings is 1. The molecule has 0 unspecified atom stereocenters. The van der Waals surface area contributed by atoms with E-state index in [2.05, 4.69) is 19.4 Å². The highest BCUT2D eigenvalue weighted by Crippen LogP contribution is 2.36. The molecule has 0 saturated carbocycles. The number of hydrogen-bond donors (Lipinski definition) is 2. The van der Waals surface area contributed by atoms with Crippen molar-refractivity contribution >= 4 is 32.1 Å². The van der Waals surface area contributed by atoms with Gasteiger partial charge >= 0.3 is 0 Å². The predicted molar refractivity (Wildman–Crippen MR) is 143 cm³/mol. The van der Waals surface area contributed by atoms with Gasteiger partial charge in [-0.15, -0.1) is 11.3 Å². The van der Waals surface area contributed by atoms with Crippen LogP contribution in [0.1, 0.15) is 6.42 Å². The van der Waals surface area contributed by atoms with E-state index in [-0.39, 0.29) is 11.4 Å². The zero-order valence-electron chi connectivity index (χ0n) is 19.9. The van der Waals surface area contributed by atoms with Crippen molar-refractivity contribution in [3.05, 3.63) is 84.3 Å². The fraction of sp³-hybridized carbons (Fsp3) is 0.154. The first-order valence-corrected chi connectivity index (χ1v) is 13.9. The molecule has 0 saturated heterocycles. The maximum absolute atomic E-state index is 13.4. The van der Waals surface area contributed by atoms with Crippen LogP contribution in [0.2, 0.25) is 0 Å². The second-order valence-electron chi connectivity index (χ2n) is 8.16. The Hall–Kier alpha value is -3.80. The quantitative estimate of drug-likeness (QED) is 0.242. The molecular weight excluding hydrogens is 513 g/mol. The van der Waals surface area contributed by atoms with Crippen molar-refractivity contribution in [3.8, 4) is 28.3 Å². The van der Waals surface area contributed by atoms with Crippen LogP contribution in [0.5, 0.6) is 5.75 Å². The molecular formula is C26H24FN5O3S2. The zero-order chi connectivity index (χ0) is 25.8. The minimum atomic E-state index is -3.77. The molecule has 5 rings (SSSR count). The molecule has 0 fully saturated rings. The molecule has 0 aliphatic rings. The first-order valence-electron chi connectivity index (χ1n) is 11.5. The molecule has 0 atom stereocenters. The van der Waals surface area contributed by atoms with Crippen molar-refractivity contribution in [2.24, 2.45) is 0 Å². The summed E-state index contributed by atoms with van der Waals surface area (Å²) in [4.78, 5) is 10.1. The van der Waals surface area contributed by atoms with Crippen molar-refractivity contribution < 1.29 is 17.5 Å². The molecule has 11 heteroatoms. The number of imidazole rings is 1. The van der Waals surface area contributed by atoms with E-state index in [1.54, 1.807) is 24.6 Å². The van der Waals surface area contributed by atoms with E-state index >= 15 is 0 Å².